The number of aliphatic hydroxyl groups excluding tert-OH is 1. The highest BCUT2D eigenvalue weighted by molar-refractivity contribution is 7.10. The maximum Gasteiger partial charge on any atom is 0.315 e. The number of nitrogens with zero attached hydrogens (tertiary/aromatic N) is 1. The van der Waals surface area contributed by atoms with E-state index in [9.17, 15) is 9.90 Å². The molecule has 6 heteroatoms. The molecule has 1 unspecified atom stereocenters. The van der Waals surface area contributed by atoms with Gasteiger partial charge >= 0.3 is 6.03 Å². The Labute approximate surface area is 138 Å². The van der Waals surface area contributed by atoms with Gasteiger partial charge in [0.25, 0.3) is 0 Å². The molecule has 0 aliphatic heterocycles. The van der Waals surface area contributed by atoms with Gasteiger partial charge in [0.05, 0.1) is 12.1 Å². The van der Waals surface area contributed by atoms with Crippen molar-refractivity contribution < 1.29 is 9.90 Å². The van der Waals surface area contributed by atoms with E-state index < -0.39 is 6.10 Å². The largest absolute Gasteiger partial charge is 0.386 e. The molecule has 0 saturated carbocycles. The average molecular weight is 327 g/mol. The molecule has 0 aliphatic rings. The van der Waals surface area contributed by atoms with Crippen LogP contribution in [0.5, 0.6) is 0 Å². The summed E-state index contributed by atoms with van der Waals surface area (Å²) in [5.41, 5.74) is 1.84. The first-order valence-corrected chi connectivity index (χ1v) is 8.18. The second-order valence-electron chi connectivity index (χ2n) is 5.09. The predicted molar refractivity (Wildman–Crippen MR) is 91.3 cm³/mol. The minimum absolute atomic E-state index is 0.181. The SMILES string of the molecule is O=C(NCc1cccc2cccnc12)NCC(O)c1cccs1. The van der Waals surface area contributed by atoms with Crippen LogP contribution in [-0.2, 0) is 6.54 Å². The summed E-state index contributed by atoms with van der Waals surface area (Å²) in [6, 6.07) is 13.2. The summed E-state index contributed by atoms with van der Waals surface area (Å²) in [6.07, 6.45) is 1.06. The van der Waals surface area contributed by atoms with Crippen LogP contribution in [0.25, 0.3) is 10.9 Å². The van der Waals surface area contributed by atoms with E-state index in [2.05, 4.69) is 15.6 Å². The van der Waals surface area contributed by atoms with Crippen LogP contribution in [0.2, 0.25) is 0 Å². The van der Waals surface area contributed by atoms with Crippen molar-refractivity contribution >= 4 is 28.3 Å². The highest BCUT2D eigenvalue weighted by atomic mass is 32.1. The number of carbonyl (C=O) groups excluding carboxylic acids is 1. The molecule has 0 saturated heterocycles. The van der Waals surface area contributed by atoms with Gasteiger partial charge in [0, 0.05) is 23.0 Å². The van der Waals surface area contributed by atoms with Gasteiger partial charge in [-0.15, -0.1) is 11.3 Å². The second kappa shape index (κ2) is 7.21. The van der Waals surface area contributed by atoms with Crippen molar-refractivity contribution in [1.29, 1.82) is 0 Å². The van der Waals surface area contributed by atoms with Gasteiger partial charge in [-0.05, 0) is 23.1 Å². The Balaban J connectivity index is 1.54. The molecule has 1 atom stereocenters. The monoisotopic (exact) mass is 327 g/mol. The minimum atomic E-state index is -0.681. The molecule has 0 aliphatic carbocycles. The van der Waals surface area contributed by atoms with E-state index in [4.69, 9.17) is 0 Å². The third-order valence-corrected chi connectivity index (χ3v) is 4.46. The molecule has 0 spiro atoms. The van der Waals surface area contributed by atoms with Crippen molar-refractivity contribution in [3.63, 3.8) is 0 Å². The van der Waals surface area contributed by atoms with E-state index >= 15 is 0 Å². The van der Waals surface area contributed by atoms with Gasteiger partial charge in [0.2, 0.25) is 0 Å². The number of benzene rings is 1. The second-order valence-corrected chi connectivity index (χ2v) is 6.07. The molecular weight excluding hydrogens is 310 g/mol. The van der Waals surface area contributed by atoms with Crippen LogP contribution in [0.4, 0.5) is 4.79 Å². The first kappa shape index (κ1) is 15.5. The molecule has 118 valence electrons. The number of aromatic nitrogens is 1. The van der Waals surface area contributed by atoms with Crippen LogP contribution in [0.1, 0.15) is 16.5 Å². The number of thiophene rings is 1. The minimum Gasteiger partial charge on any atom is -0.386 e. The van der Waals surface area contributed by atoms with Crippen LogP contribution < -0.4 is 10.6 Å². The number of carbonyl (C=O) groups is 1. The van der Waals surface area contributed by atoms with Crippen molar-refractivity contribution in [3.05, 3.63) is 64.5 Å². The summed E-state index contributed by atoms with van der Waals surface area (Å²) in [4.78, 5) is 17.1. The highest BCUT2D eigenvalue weighted by Crippen LogP contribution is 2.18. The van der Waals surface area contributed by atoms with Crippen LogP contribution in [0.3, 0.4) is 0 Å². The Morgan fingerprint density at radius 3 is 2.87 bits per heavy atom. The van der Waals surface area contributed by atoms with E-state index in [0.717, 1.165) is 21.3 Å². The first-order chi connectivity index (χ1) is 11.2. The summed E-state index contributed by atoms with van der Waals surface area (Å²) >= 11 is 1.46. The van der Waals surface area contributed by atoms with Crippen molar-refractivity contribution in [1.82, 2.24) is 15.6 Å². The molecule has 3 N–H and O–H groups in total. The molecule has 3 aromatic rings. The lowest BCUT2D eigenvalue weighted by atomic mass is 10.1. The van der Waals surface area contributed by atoms with Crippen LogP contribution >= 0.6 is 11.3 Å². The summed E-state index contributed by atoms with van der Waals surface area (Å²) in [5.74, 6) is 0. The number of amides is 2. The van der Waals surface area contributed by atoms with E-state index in [1.165, 1.54) is 11.3 Å². The quantitative estimate of drug-likeness (QED) is 0.674. The zero-order chi connectivity index (χ0) is 16.1. The fourth-order valence-electron chi connectivity index (χ4n) is 2.32. The first-order valence-electron chi connectivity index (χ1n) is 7.30. The zero-order valence-electron chi connectivity index (χ0n) is 12.4. The van der Waals surface area contributed by atoms with E-state index in [1.807, 2.05) is 47.8 Å². The van der Waals surface area contributed by atoms with Crippen molar-refractivity contribution in [2.24, 2.45) is 0 Å². The van der Waals surface area contributed by atoms with Gasteiger partial charge in [-0.2, -0.15) is 0 Å². The van der Waals surface area contributed by atoms with Gasteiger partial charge in [-0.3, -0.25) is 4.98 Å². The lowest BCUT2D eigenvalue weighted by molar-refractivity contribution is 0.176. The molecule has 1 aromatic carbocycles. The number of para-hydroxylation sites is 1. The maximum atomic E-state index is 11.9. The lowest BCUT2D eigenvalue weighted by Crippen LogP contribution is -2.37. The Kier molecular flexibility index (Phi) is 4.85. The van der Waals surface area contributed by atoms with Gasteiger partial charge in [0.1, 0.15) is 6.10 Å². The van der Waals surface area contributed by atoms with Crippen LogP contribution in [0, 0.1) is 0 Å². The third kappa shape index (κ3) is 3.85. The third-order valence-electron chi connectivity index (χ3n) is 3.48. The normalized spacial score (nSPS) is 12.0. The number of fused-ring (bicyclic) bond motifs is 1. The number of nitrogens with one attached hydrogen (secondary N) is 2. The molecule has 0 bridgehead atoms. The molecule has 5 nitrogen and oxygen atoms in total. The standard InChI is InChI=1S/C17H17N3O2S/c21-14(15-7-3-9-23-15)11-20-17(22)19-10-13-5-1-4-12-6-2-8-18-16(12)13/h1-9,14,21H,10-11H2,(H2,19,20,22). The maximum absolute atomic E-state index is 11.9. The molecule has 23 heavy (non-hydrogen) atoms. The molecule has 2 aromatic heterocycles. The van der Waals surface area contributed by atoms with Crippen molar-refractivity contribution in [3.8, 4) is 0 Å². The fraction of sp³-hybridized carbons (Fsp3) is 0.176. The number of urea groups is 1. The molecule has 0 radical (unpaired) electrons. The van der Waals surface area contributed by atoms with Gasteiger partial charge < -0.3 is 15.7 Å². The number of hydrogen-bond acceptors (Lipinski definition) is 4. The average Bonchev–Trinajstić information content (AvgIpc) is 3.12. The molecule has 2 amide bonds. The number of hydrogen-bond donors (Lipinski definition) is 3. The smallest absolute Gasteiger partial charge is 0.315 e. The van der Waals surface area contributed by atoms with Gasteiger partial charge in [-0.1, -0.05) is 30.3 Å². The number of pyridine rings is 1. The Bertz CT molecular complexity index is 784. The van der Waals surface area contributed by atoms with Crippen LogP contribution in [-0.4, -0.2) is 22.7 Å². The Morgan fingerprint density at radius 1 is 1.17 bits per heavy atom. The predicted octanol–water partition coefficient (Wildman–Crippen LogP) is 2.83. The van der Waals surface area contributed by atoms with Gasteiger partial charge in [0.15, 0.2) is 0 Å². The molecule has 2 heterocycles. The Hall–Kier alpha value is -2.44. The highest BCUT2D eigenvalue weighted by Gasteiger charge is 2.10. The summed E-state index contributed by atoms with van der Waals surface area (Å²) in [7, 11) is 0. The summed E-state index contributed by atoms with van der Waals surface area (Å²) in [6.45, 7) is 0.565. The lowest BCUT2D eigenvalue weighted by Gasteiger charge is -2.12. The number of aliphatic hydroxyl groups is 1. The number of rotatable bonds is 5. The van der Waals surface area contributed by atoms with E-state index in [1.54, 1.807) is 6.20 Å². The fourth-order valence-corrected chi connectivity index (χ4v) is 3.03. The molecular formula is C17H17N3O2S. The van der Waals surface area contributed by atoms with E-state index in [0.29, 0.717) is 6.54 Å². The summed E-state index contributed by atoms with van der Waals surface area (Å²) in [5, 5.41) is 18.3. The molecule has 3 rings (SSSR count). The summed E-state index contributed by atoms with van der Waals surface area (Å²) < 4.78 is 0. The van der Waals surface area contributed by atoms with Crippen molar-refractivity contribution in [2.45, 2.75) is 12.6 Å². The Morgan fingerprint density at radius 2 is 2.04 bits per heavy atom. The van der Waals surface area contributed by atoms with Gasteiger partial charge in [-0.25, -0.2) is 4.79 Å². The van der Waals surface area contributed by atoms with E-state index in [-0.39, 0.29) is 12.6 Å². The van der Waals surface area contributed by atoms with Crippen molar-refractivity contribution in [2.75, 3.05) is 6.54 Å². The van der Waals surface area contributed by atoms with Crippen LogP contribution in [0.15, 0.2) is 54.0 Å². The zero-order valence-corrected chi connectivity index (χ0v) is 13.2. The molecule has 0 fully saturated rings. The topological polar surface area (TPSA) is 74.2 Å².